The molecule has 0 heterocycles. The third-order valence-electron chi connectivity index (χ3n) is 8.75. The second kappa shape index (κ2) is 15.6. The van der Waals surface area contributed by atoms with Gasteiger partial charge < -0.3 is 19.6 Å². The van der Waals surface area contributed by atoms with E-state index < -0.39 is 5.41 Å². The van der Waals surface area contributed by atoms with Gasteiger partial charge in [0, 0.05) is 52.2 Å². The third-order valence-corrected chi connectivity index (χ3v) is 8.75. The highest BCUT2D eigenvalue weighted by molar-refractivity contribution is 5.80. The van der Waals surface area contributed by atoms with E-state index in [2.05, 4.69) is 83.5 Å². The molecule has 0 spiro atoms. The van der Waals surface area contributed by atoms with Crippen molar-refractivity contribution in [3.05, 3.63) is 163 Å². The van der Waals surface area contributed by atoms with Gasteiger partial charge in [-0.3, -0.25) is 4.79 Å². The molecular weight excluding hydrogens is 604 g/mol. The fraction of sp³-hybridized carbons (Fsp3) is 0.205. The highest BCUT2D eigenvalue weighted by atomic mass is 16.5. The number of phenols is 1. The standard InChI is InChI=1S/C43H42N2O3.CH4/c1-4-29-43(2,3)42(47)48-41-20-12-18-39(31-41)45(35-15-9-6-10-16-35)37-27-23-33(24-28-37)32-21-25-36(26-22-32)44(34-13-7-5-8-14-34)38-17-11-19-40(46)30-38;/h5-21,23-28,30-32,46H,4,22,29H2,1-3H3;1H4. The van der Waals surface area contributed by atoms with Crippen LogP contribution in [0.25, 0.3) is 0 Å². The van der Waals surface area contributed by atoms with Crippen LogP contribution in [0.3, 0.4) is 0 Å². The zero-order chi connectivity index (χ0) is 33.5. The molecule has 1 aliphatic carbocycles. The first-order valence-corrected chi connectivity index (χ1v) is 16.6. The number of rotatable bonds is 11. The number of para-hydroxylation sites is 2. The third kappa shape index (κ3) is 8.13. The number of carbonyl (C=O) groups is 1. The lowest BCUT2D eigenvalue weighted by atomic mass is 9.88. The van der Waals surface area contributed by atoms with Crippen LogP contribution in [0.1, 0.15) is 58.9 Å². The van der Waals surface area contributed by atoms with Gasteiger partial charge >= 0.3 is 5.97 Å². The number of phenolic OH excluding ortho intramolecular Hbond substituents is 1. The van der Waals surface area contributed by atoms with Gasteiger partial charge in [-0.1, -0.05) is 93.6 Å². The molecule has 5 nitrogen and oxygen atoms in total. The Labute approximate surface area is 291 Å². The van der Waals surface area contributed by atoms with Gasteiger partial charge in [-0.2, -0.15) is 0 Å². The lowest BCUT2D eigenvalue weighted by Crippen LogP contribution is -2.28. The molecule has 1 N–H and O–H groups in total. The lowest BCUT2D eigenvalue weighted by Gasteiger charge is -2.29. The van der Waals surface area contributed by atoms with Crippen molar-refractivity contribution in [1.82, 2.24) is 0 Å². The van der Waals surface area contributed by atoms with Crippen molar-refractivity contribution in [3.63, 3.8) is 0 Å². The maximum atomic E-state index is 13.0. The summed E-state index contributed by atoms with van der Waals surface area (Å²) in [6.07, 6.45) is 9.22. The summed E-state index contributed by atoms with van der Waals surface area (Å²) < 4.78 is 5.89. The number of carbonyl (C=O) groups excluding carboxylic acids is 1. The van der Waals surface area contributed by atoms with Crippen molar-refractivity contribution in [3.8, 4) is 11.5 Å². The Hall–Kier alpha value is -5.55. The molecule has 1 unspecified atom stereocenters. The second-order valence-electron chi connectivity index (χ2n) is 12.8. The largest absolute Gasteiger partial charge is 0.508 e. The molecule has 5 heteroatoms. The van der Waals surface area contributed by atoms with Gasteiger partial charge in [-0.15, -0.1) is 0 Å². The Bertz CT molecular complexity index is 1900. The van der Waals surface area contributed by atoms with Crippen molar-refractivity contribution in [2.45, 2.75) is 53.4 Å². The molecule has 1 atom stereocenters. The van der Waals surface area contributed by atoms with Gasteiger partial charge in [0.1, 0.15) is 11.5 Å². The van der Waals surface area contributed by atoms with Crippen LogP contribution >= 0.6 is 0 Å². The Balaban J connectivity index is 0.00000468. The predicted octanol–water partition coefficient (Wildman–Crippen LogP) is 12.0. The molecule has 0 bridgehead atoms. The molecule has 0 radical (unpaired) electrons. The van der Waals surface area contributed by atoms with Crippen LogP contribution in [0.15, 0.2) is 157 Å². The minimum atomic E-state index is -0.548. The Morgan fingerprint density at radius 1 is 0.735 bits per heavy atom. The fourth-order valence-corrected chi connectivity index (χ4v) is 6.23. The van der Waals surface area contributed by atoms with Crippen LogP contribution in [0.4, 0.5) is 28.4 Å². The molecule has 1 aliphatic rings. The molecule has 6 rings (SSSR count). The van der Waals surface area contributed by atoms with E-state index in [0.717, 1.165) is 53.4 Å². The molecule has 0 saturated carbocycles. The topological polar surface area (TPSA) is 53.0 Å². The minimum absolute atomic E-state index is 0. The highest BCUT2D eigenvalue weighted by Gasteiger charge is 2.29. The van der Waals surface area contributed by atoms with E-state index in [4.69, 9.17) is 4.74 Å². The van der Waals surface area contributed by atoms with Crippen molar-refractivity contribution < 1.29 is 14.6 Å². The van der Waals surface area contributed by atoms with Crippen LogP contribution in [-0.4, -0.2) is 11.1 Å². The minimum Gasteiger partial charge on any atom is -0.508 e. The maximum Gasteiger partial charge on any atom is 0.316 e. The average molecular weight is 651 g/mol. The molecule has 5 aromatic carbocycles. The summed E-state index contributed by atoms with van der Waals surface area (Å²) in [7, 11) is 0. The molecule has 0 amide bonds. The van der Waals surface area contributed by atoms with Crippen molar-refractivity contribution in [1.29, 1.82) is 0 Å². The number of benzene rings is 5. The molecule has 49 heavy (non-hydrogen) atoms. The number of ether oxygens (including phenoxy) is 1. The van der Waals surface area contributed by atoms with E-state index in [1.54, 1.807) is 12.1 Å². The van der Waals surface area contributed by atoms with Gasteiger partial charge in [0.2, 0.25) is 0 Å². The van der Waals surface area contributed by atoms with E-state index in [-0.39, 0.29) is 25.1 Å². The van der Waals surface area contributed by atoms with Crippen LogP contribution in [-0.2, 0) is 4.79 Å². The number of allylic oxidation sites excluding steroid dienone is 3. The second-order valence-corrected chi connectivity index (χ2v) is 12.8. The normalized spacial score (nSPS) is 13.9. The molecule has 0 aromatic heterocycles. The van der Waals surface area contributed by atoms with Gasteiger partial charge in [-0.25, -0.2) is 0 Å². The number of hydrogen-bond acceptors (Lipinski definition) is 5. The average Bonchev–Trinajstić information content (AvgIpc) is 3.10. The number of esters is 1. The monoisotopic (exact) mass is 650 g/mol. The summed E-state index contributed by atoms with van der Waals surface area (Å²) in [6.45, 7) is 5.95. The van der Waals surface area contributed by atoms with Gasteiger partial charge in [-0.05, 0) is 99.0 Å². The van der Waals surface area contributed by atoms with Crippen molar-refractivity contribution >= 4 is 34.4 Å². The first-order valence-electron chi connectivity index (χ1n) is 16.6. The Kier molecular flexibility index (Phi) is 11.0. The molecular formula is C44H46N2O3. The first kappa shape index (κ1) is 34.8. The summed E-state index contributed by atoms with van der Waals surface area (Å²) in [5.41, 5.74) is 6.61. The number of anilines is 5. The molecule has 5 aromatic rings. The summed E-state index contributed by atoms with van der Waals surface area (Å²) in [4.78, 5) is 17.3. The van der Waals surface area contributed by atoms with Crippen molar-refractivity contribution in [2.24, 2.45) is 5.41 Å². The molecule has 0 fully saturated rings. The SMILES string of the molecule is C.CCCC(C)(C)C(=O)Oc1cccc(N(c2ccccc2)c2ccc(C3C=CC(N(c4ccccc4)c4cccc(O)c4)=CC3)cc2)c1. The van der Waals surface area contributed by atoms with Gasteiger partial charge in [0.25, 0.3) is 0 Å². The number of aromatic hydroxyl groups is 1. The van der Waals surface area contributed by atoms with E-state index in [1.807, 2.05) is 86.6 Å². The summed E-state index contributed by atoms with van der Waals surface area (Å²) >= 11 is 0. The zero-order valence-electron chi connectivity index (χ0n) is 27.8. The van der Waals surface area contributed by atoms with E-state index in [1.165, 1.54) is 5.56 Å². The fourth-order valence-electron chi connectivity index (χ4n) is 6.23. The van der Waals surface area contributed by atoms with Crippen LogP contribution < -0.4 is 14.5 Å². The number of nitrogens with zero attached hydrogens (tertiary/aromatic N) is 2. The highest BCUT2D eigenvalue weighted by Crippen LogP contribution is 2.39. The number of hydrogen-bond donors (Lipinski definition) is 1. The predicted molar refractivity (Wildman–Crippen MR) is 203 cm³/mol. The molecule has 250 valence electrons. The maximum absolute atomic E-state index is 13.0. The van der Waals surface area contributed by atoms with Gasteiger partial charge in [0.15, 0.2) is 0 Å². The quantitative estimate of drug-likeness (QED) is 0.114. The van der Waals surface area contributed by atoms with E-state index >= 15 is 0 Å². The first-order chi connectivity index (χ1) is 23.3. The lowest BCUT2D eigenvalue weighted by molar-refractivity contribution is -0.144. The summed E-state index contributed by atoms with van der Waals surface area (Å²) in [5.74, 6) is 0.775. The van der Waals surface area contributed by atoms with Crippen LogP contribution in [0.2, 0.25) is 0 Å². The molecule has 0 saturated heterocycles. The van der Waals surface area contributed by atoms with Crippen LogP contribution in [0.5, 0.6) is 11.5 Å². The Morgan fingerprint density at radius 3 is 1.90 bits per heavy atom. The Morgan fingerprint density at radius 2 is 1.31 bits per heavy atom. The summed E-state index contributed by atoms with van der Waals surface area (Å²) in [5, 5.41) is 10.2. The zero-order valence-corrected chi connectivity index (χ0v) is 27.8. The van der Waals surface area contributed by atoms with Crippen LogP contribution in [0, 0.1) is 5.41 Å². The molecule has 0 aliphatic heterocycles. The van der Waals surface area contributed by atoms with E-state index in [0.29, 0.717) is 5.75 Å². The van der Waals surface area contributed by atoms with E-state index in [9.17, 15) is 9.90 Å². The summed E-state index contributed by atoms with van der Waals surface area (Å²) in [6, 6.07) is 44.2. The smallest absolute Gasteiger partial charge is 0.316 e. The van der Waals surface area contributed by atoms with Crippen molar-refractivity contribution in [2.75, 3.05) is 9.80 Å². The van der Waals surface area contributed by atoms with Gasteiger partial charge in [0.05, 0.1) is 5.41 Å².